The number of nitrogens with one attached hydrogen (secondary N) is 1. The Morgan fingerprint density at radius 1 is 1.05 bits per heavy atom. The maximum absolute atomic E-state index is 12.6. The molecule has 0 radical (unpaired) electrons. The van der Waals surface area contributed by atoms with E-state index in [4.69, 9.17) is 0 Å². The highest BCUT2D eigenvalue weighted by Crippen LogP contribution is 2.20. The molecule has 1 heterocycles. The highest BCUT2D eigenvalue weighted by molar-refractivity contribution is 6.09. The van der Waals surface area contributed by atoms with E-state index in [2.05, 4.69) is 24.4 Å². The number of aryl methyl sites for hydroxylation is 1. The molecule has 3 rings (SSSR count). The fourth-order valence-electron chi connectivity index (χ4n) is 2.76. The Labute approximate surface area is 119 Å². The molecule has 20 heavy (non-hydrogen) atoms. The van der Waals surface area contributed by atoms with Gasteiger partial charge in [0.2, 0.25) is 0 Å². The van der Waals surface area contributed by atoms with Crippen molar-refractivity contribution < 1.29 is 4.79 Å². The molecular formula is C18H19NO. The highest BCUT2D eigenvalue weighted by atomic mass is 16.1. The van der Waals surface area contributed by atoms with Crippen LogP contribution >= 0.6 is 0 Å². The normalized spacial score (nSPS) is 13.2. The third-order valence-corrected chi connectivity index (χ3v) is 3.83. The summed E-state index contributed by atoms with van der Waals surface area (Å²) in [5.41, 5.74) is 5.38. The van der Waals surface area contributed by atoms with Gasteiger partial charge < -0.3 is 5.32 Å². The van der Waals surface area contributed by atoms with Crippen molar-refractivity contribution in [2.75, 3.05) is 0 Å². The number of hydrogen-bond donors (Lipinski definition) is 1. The van der Waals surface area contributed by atoms with E-state index in [0.717, 1.165) is 37.1 Å². The van der Waals surface area contributed by atoms with Gasteiger partial charge in [-0.3, -0.25) is 4.79 Å². The number of hydrogen-bond acceptors (Lipinski definition) is 2. The Bertz CT molecular complexity index is 646. The first-order valence-corrected chi connectivity index (χ1v) is 7.24. The van der Waals surface area contributed by atoms with Gasteiger partial charge in [0.05, 0.1) is 0 Å². The summed E-state index contributed by atoms with van der Waals surface area (Å²) in [6, 6.07) is 14.0. The molecular weight excluding hydrogens is 246 g/mol. The summed E-state index contributed by atoms with van der Waals surface area (Å²) in [5.74, 6) is 0.123. The summed E-state index contributed by atoms with van der Waals surface area (Å²) >= 11 is 0. The van der Waals surface area contributed by atoms with Crippen molar-refractivity contribution in [2.24, 2.45) is 0 Å². The molecule has 0 atom stereocenters. The largest absolute Gasteiger partial charge is 0.309 e. The molecule has 0 spiro atoms. The van der Waals surface area contributed by atoms with E-state index in [-0.39, 0.29) is 5.78 Å². The van der Waals surface area contributed by atoms with Crippen molar-refractivity contribution in [3.05, 3.63) is 70.3 Å². The second kappa shape index (κ2) is 5.59. The van der Waals surface area contributed by atoms with Crippen LogP contribution in [0.3, 0.4) is 0 Å². The zero-order valence-electron chi connectivity index (χ0n) is 11.8. The predicted molar refractivity (Wildman–Crippen MR) is 80.9 cm³/mol. The second-order valence-electron chi connectivity index (χ2n) is 5.37. The summed E-state index contributed by atoms with van der Waals surface area (Å²) in [5, 5.41) is 3.31. The second-order valence-corrected chi connectivity index (χ2v) is 5.37. The van der Waals surface area contributed by atoms with Crippen LogP contribution in [0.5, 0.6) is 0 Å². The van der Waals surface area contributed by atoms with Crippen LogP contribution in [-0.2, 0) is 19.5 Å². The quantitative estimate of drug-likeness (QED) is 0.858. The Kier molecular flexibility index (Phi) is 3.66. The van der Waals surface area contributed by atoms with E-state index in [1.165, 1.54) is 16.7 Å². The van der Waals surface area contributed by atoms with E-state index in [1.807, 2.05) is 30.3 Å². The molecule has 2 aromatic carbocycles. The minimum atomic E-state index is 0.123. The number of carbonyl (C=O) groups excluding carboxylic acids is 1. The van der Waals surface area contributed by atoms with Crippen molar-refractivity contribution in [3.63, 3.8) is 0 Å². The first-order chi connectivity index (χ1) is 9.78. The third kappa shape index (κ3) is 2.52. The van der Waals surface area contributed by atoms with Crippen molar-refractivity contribution in [1.29, 1.82) is 0 Å². The van der Waals surface area contributed by atoms with Crippen molar-refractivity contribution in [3.8, 4) is 0 Å². The molecule has 2 aromatic rings. The molecule has 0 aromatic heterocycles. The number of carbonyl (C=O) groups is 1. The zero-order valence-corrected chi connectivity index (χ0v) is 11.8. The van der Waals surface area contributed by atoms with E-state index in [0.29, 0.717) is 0 Å². The molecule has 2 heteroatoms. The lowest BCUT2D eigenvalue weighted by Crippen LogP contribution is -2.03. The smallest absolute Gasteiger partial charge is 0.193 e. The number of benzene rings is 2. The maximum Gasteiger partial charge on any atom is 0.193 e. The van der Waals surface area contributed by atoms with Crippen molar-refractivity contribution in [2.45, 2.75) is 32.9 Å². The average Bonchev–Trinajstić information content (AvgIpc) is 2.94. The first-order valence-electron chi connectivity index (χ1n) is 7.24. The van der Waals surface area contributed by atoms with Crippen LogP contribution < -0.4 is 5.32 Å². The maximum atomic E-state index is 12.6. The first kappa shape index (κ1) is 13.1. The van der Waals surface area contributed by atoms with Gasteiger partial charge in [-0.15, -0.1) is 0 Å². The molecule has 0 fully saturated rings. The van der Waals surface area contributed by atoms with Crippen LogP contribution in [0.4, 0.5) is 0 Å². The Morgan fingerprint density at radius 2 is 1.85 bits per heavy atom. The van der Waals surface area contributed by atoms with Crippen LogP contribution in [-0.4, -0.2) is 5.78 Å². The summed E-state index contributed by atoms with van der Waals surface area (Å²) in [6.45, 7) is 3.93. The average molecular weight is 265 g/mol. The van der Waals surface area contributed by atoms with Gasteiger partial charge in [-0.05, 0) is 35.2 Å². The molecule has 0 aliphatic carbocycles. The van der Waals surface area contributed by atoms with Crippen molar-refractivity contribution >= 4 is 5.78 Å². The Morgan fingerprint density at radius 3 is 2.70 bits per heavy atom. The Balaban J connectivity index is 1.90. The predicted octanol–water partition coefficient (Wildman–Crippen LogP) is 3.47. The zero-order chi connectivity index (χ0) is 13.9. The number of rotatable bonds is 4. The molecule has 0 amide bonds. The topological polar surface area (TPSA) is 29.1 Å². The van der Waals surface area contributed by atoms with Crippen LogP contribution in [0.15, 0.2) is 42.5 Å². The lowest BCUT2D eigenvalue weighted by molar-refractivity contribution is 0.103. The standard InChI is InChI=1S/C18H19NO/c1-2-4-13-5-3-6-14(9-13)18(20)15-7-8-16-11-19-12-17(16)10-15/h3,5-10,19H,2,4,11-12H2,1H3. The van der Waals surface area contributed by atoms with Gasteiger partial charge in [0, 0.05) is 24.2 Å². The van der Waals surface area contributed by atoms with E-state index < -0.39 is 0 Å². The van der Waals surface area contributed by atoms with Crippen LogP contribution in [0.1, 0.15) is 46.0 Å². The van der Waals surface area contributed by atoms with E-state index in [9.17, 15) is 4.79 Å². The van der Waals surface area contributed by atoms with Crippen LogP contribution in [0, 0.1) is 0 Å². The van der Waals surface area contributed by atoms with Gasteiger partial charge in [-0.25, -0.2) is 0 Å². The summed E-state index contributed by atoms with van der Waals surface area (Å²) in [6.07, 6.45) is 2.12. The monoisotopic (exact) mass is 265 g/mol. The number of fused-ring (bicyclic) bond motifs is 1. The fraction of sp³-hybridized carbons (Fsp3) is 0.278. The molecule has 1 N–H and O–H groups in total. The molecule has 102 valence electrons. The van der Waals surface area contributed by atoms with Gasteiger partial charge in [-0.2, -0.15) is 0 Å². The van der Waals surface area contributed by atoms with Crippen LogP contribution in [0.2, 0.25) is 0 Å². The van der Waals surface area contributed by atoms with Gasteiger partial charge >= 0.3 is 0 Å². The molecule has 0 saturated carbocycles. The fourth-order valence-corrected chi connectivity index (χ4v) is 2.76. The van der Waals surface area contributed by atoms with Gasteiger partial charge in [0.15, 0.2) is 5.78 Å². The van der Waals surface area contributed by atoms with Gasteiger partial charge in [0.1, 0.15) is 0 Å². The lowest BCUT2D eigenvalue weighted by atomic mass is 9.97. The highest BCUT2D eigenvalue weighted by Gasteiger charge is 2.14. The molecule has 0 bridgehead atoms. The van der Waals surface area contributed by atoms with E-state index in [1.54, 1.807) is 0 Å². The van der Waals surface area contributed by atoms with Crippen molar-refractivity contribution in [1.82, 2.24) is 5.32 Å². The van der Waals surface area contributed by atoms with Gasteiger partial charge in [-0.1, -0.05) is 43.7 Å². The third-order valence-electron chi connectivity index (χ3n) is 3.83. The molecule has 0 unspecified atom stereocenters. The summed E-state index contributed by atoms with van der Waals surface area (Å²) in [7, 11) is 0. The molecule has 1 aliphatic heterocycles. The SMILES string of the molecule is CCCc1cccc(C(=O)c2ccc3c(c2)CNC3)c1. The van der Waals surface area contributed by atoms with E-state index >= 15 is 0 Å². The molecule has 0 saturated heterocycles. The number of ketones is 1. The summed E-state index contributed by atoms with van der Waals surface area (Å²) in [4.78, 5) is 12.6. The molecule has 1 aliphatic rings. The van der Waals surface area contributed by atoms with Crippen LogP contribution in [0.25, 0.3) is 0 Å². The lowest BCUT2D eigenvalue weighted by Gasteiger charge is -2.06. The summed E-state index contributed by atoms with van der Waals surface area (Å²) < 4.78 is 0. The Hall–Kier alpha value is -1.93. The molecule has 2 nitrogen and oxygen atoms in total. The minimum absolute atomic E-state index is 0.123. The van der Waals surface area contributed by atoms with Gasteiger partial charge in [0.25, 0.3) is 0 Å². The minimum Gasteiger partial charge on any atom is -0.309 e.